The Kier molecular flexibility index (Phi) is 12.9. The van der Waals surface area contributed by atoms with Gasteiger partial charge in [0.2, 0.25) is 0 Å². The first-order chi connectivity index (χ1) is 17.9. The molecule has 196 valence electrons. The van der Waals surface area contributed by atoms with Gasteiger partial charge in [-0.2, -0.15) is 0 Å². The predicted octanol–water partition coefficient (Wildman–Crippen LogP) is 7.21. The summed E-state index contributed by atoms with van der Waals surface area (Å²) in [6.07, 6.45) is 8.21. The second-order valence-electron chi connectivity index (χ2n) is 9.45. The van der Waals surface area contributed by atoms with Gasteiger partial charge in [-0.05, 0) is 86.9 Å². The summed E-state index contributed by atoms with van der Waals surface area (Å²) in [6, 6.07) is 45.0. The van der Waals surface area contributed by atoms with E-state index in [1.807, 2.05) is 6.79 Å². The Bertz CT molecular complexity index is 977. The monoisotopic (exact) mass is 616 g/mol. The number of hydrogen-bond acceptors (Lipinski definition) is 1. The molecule has 1 aliphatic carbocycles. The van der Waals surface area contributed by atoms with E-state index >= 15 is 0 Å². The van der Waals surface area contributed by atoms with E-state index in [-0.39, 0.29) is 39.6 Å². The van der Waals surface area contributed by atoms with Crippen LogP contribution in [0.5, 0.6) is 0 Å². The van der Waals surface area contributed by atoms with Crippen molar-refractivity contribution in [3.8, 4) is 0 Å². The summed E-state index contributed by atoms with van der Waals surface area (Å²) in [5, 5.41) is 6.12. The molecule has 1 nitrogen and oxygen atoms in total. The standard InChI is InChI=1S/C32H34P2.CH2O.Rh.3H/c1-5-13-29(14-6-1)33(30-15-7-2-8-16-30)25-27-21-23-28(24-22-27)26-34(31-17-9-3-10-18-31)32-19-11-4-12-20-32;1-2;;;;/h1-20,27-28H,21-26H2;1H2;;;;/q;;+3;3*-1. The molecule has 37 heavy (non-hydrogen) atoms. The second kappa shape index (κ2) is 16.1. The van der Waals surface area contributed by atoms with E-state index in [1.165, 1.54) is 59.2 Å². The molecule has 0 amide bonds. The second-order valence-corrected chi connectivity index (χ2v) is 14.0. The smallest absolute Gasteiger partial charge is 1.00 e. The molecule has 0 saturated heterocycles. The quantitative estimate of drug-likeness (QED) is 0.151. The van der Waals surface area contributed by atoms with Crippen molar-refractivity contribution in [1.29, 1.82) is 0 Å². The van der Waals surface area contributed by atoms with Gasteiger partial charge in [-0.15, -0.1) is 0 Å². The molecule has 1 fully saturated rings. The molecule has 0 aromatic heterocycles. The van der Waals surface area contributed by atoms with E-state index in [2.05, 4.69) is 121 Å². The van der Waals surface area contributed by atoms with Gasteiger partial charge in [-0.1, -0.05) is 121 Å². The molecule has 1 saturated carbocycles. The fourth-order valence-corrected chi connectivity index (χ4v) is 10.6. The van der Waals surface area contributed by atoms with Gasteiger partial charge in [-0.3, -0.25) is 0 Å². The molecule has 0 spiro atoms. The van der Waals surface area contributed by atoms with Crippen molar-refractivity contribution in [2.75, 3.05) is 12.3 Å². The van der Waals surface area contributed by atoms with Crippen LogP contribution in [0.25, 0.3) is 0 Å². The first kappa shape index (κ1) is 29.6. The number of benzene rings is 4. The van der Waals surface area contributed by atoms with Crippen molar-refractivity contribution in [2.45, 2.75) is 25.7 Å². The zero-order valence-corrected chi connectivity index (χ0v) is 24.7. The molecular weight excluding hydrogens is 577 g/mol. The number of carbonyl (C=O) groups excluding carboxylic acids is 1. The van der Waals surface area contributed by atoms with Crippen LogP contribution in [0, 0.1) is 11.8 Å². The number of hydrogen-bond donors (Lipinski definition) is 0. The Balaban J connectivity index is 0.00000248. The molecule has 0 heterocycles. The van der Waals surface area contributed by atoms with Crippen molar-refractivity contribution >= 4 is 43.9 Å². The van der Waals surface area contributed by atoms with Crippen molar-refractivity contribution in [3.63, 3.8) is 0 Å². The molecule has 4 aromatic rings. The van der Waals surface area contributed by atoms with E-state index in [9.17, 15) is 0 Å². The van der Waals surface area contributed by atoms with Gasteiger partial charge in [0, 0.05) is 0 Å². The van der Waals surface area contributed by atoms with Gasteiger partial charge in [0.15, 0.2) is 0 Å². The van der Waals surface area contributed by atoms with Crippen LogP contribution < -0.4 is 21.2 Å². The van der Waals surface area contributed by atoms with Gasteiger partial charge in [-0.25, -0.2) is 0 Å². The fraction of sp³-hybridized carbons (Fsp3) is 0.242. The Morgan fingerprint density at radius 2 is 0.703 bits per heavy atom. The van der Waals surface area contributed by atoms with Crippen LogP contribution >= 0.6 is 15.8 Å². The molecule has 0 radical (unpaired) electrons. The van der Waals surface area contributed by atoms with Gasteiger partial charge in [0.1, 0.15) is 6.79 Å². The topological polar surface area (TPSA) is 17.1 Å². The minimum atomic E-state index is -0.273. The average molecular weight is 617 g/mol. The third-order valence-corrected chi connectivity index (χ3v) is 12.6. The van der Waals surface area contributed by atoms with E-state index in [0.29, 0.717) is 0 Å². The summed E-state index contributed by atoms with van der Waals surface area (Å²) < 4.78 is 0. The third-order valence-electron chi connectivity index (χ3n) is 7.12. The SMILES string of the molecule is C=O.[H-].[H-].[H-].[Rh+3].c1ccc(P(CC2CCC(CP(c3ccccc3)c3ccccc3)CC2)c2ccccc2)cc1. The maximum absolute atomic E-state index is 8.00. The van der Waals surface area contributed by atoms with Crippen molar-refractivity contribution in [2.24, 2.45) is 11.8 Å². The van der Waals surface area contributed by atoms with Gasteiger partial charge >= 0.3 is 19.5 Å². The predicted molar refractivity (Wildman–Crippen MR) is 164 cm³/mol. The molecule has 4 aromatic carbocycles. The Morgan fingerprint density at radius 3 is 0.919 bits per heavy atom. The van der Waals surface area contributed by atoms with Crippen LogP contribution in [0.15, 0.2) is 121 Å². The van der Waals surface area contributed by atoms with Crippen molar-refractivity contribution in [3.05, 3.63) is 121 Å². The van der Waals surface area contributed by atoms with E-state index < -0.39 is 0 Å². The maximum atomic E-state index is 8.00. The van der Waals surface area contributed by atoms with Crippen LogP contribution in [0.3, 0.4) is 0 Å². The molecule has 0 bridgehead atoms. The van der Waals surface area contributed by atoms with Crippen LogP contribution in [0.2, 0.25) is 0 Å². The Labute approximate surface area is 242 Å². The summed E-state index contributed by atoms with van der Waals surface area (Å²) in [7, 11) is -0.546. The first-order valence-corrected chi connectivity index (χ1v) is 16.0. The minimum absolute atomic E-state index is 0. The summed E-state index contributed by atoms with van der Waals surface area (Å²) >= 11 is 0. The van der Waals surface area contributed by atoms with Gasteiger partial charge < -0.3 is 9.07 Å². The van der Waals surface area contributed by atoms with Crippen molar-refractivity contribution in [1.82, 2.24) is 0 Å². The molecule has 4 heteroatoms. The van der Waals surface area contributed by atoms with Gasteiger partial charge in [0.05, 0.1) is 0 Å². The molecule has 1 aliphatic rings. The van der Waals surface area contributed by atoms with Crippen molar-refractivity contribution < 1.29 is 28.6 Å². The van der Waals surface area contributed by atoms with Crippen LogP contribution in [0.4, 0.5) is 0 Å². The van der Waals surface area contributed by atoms with E-state index in [0.717, 1.165) is 11.8 Å². The molecule has 5 rings (SSSR count). The van der Waals surface area contributed by atoms with Crippen LogP contribution in [-0.2, 0) is 24.3 Å². The Morgan fingerprint density at radius 1 is 0.486 bits per heavy atom. The fourth-order valence-electron chi connectivity index (χ4n) is 5.26. The van der Waals surface area contributed by atoms with E-state index in [1.54, 1.807) is 0 Å². The summed E-state index contributed by atoms with van der Waals surface area (Å²) in [6.45, 7) is 2.00. The molecule has 0 atom stereocenters. The van der Waals surface area contributed by atoms with Crippen LogP contribution in [0.1, 0.15) is 30.0 Å². The first-order valence-electron chi connectivity index (χ1n) is 12.9. The molecule has 0 N–H and O–H groups in total. The summed E-state index contributed by atoms with van der Waals surface area (Å²) in [4.78, 5) is 8.00. The largest absolute Gasteiger partial charge is 3.00 e. The molecule has 0 aliphatic heterocycles. The Hall–Kier alpha value is -1.97. The number of rotatable bonds is 8. The van der Waals surface area contributed by atoms with Gasteiger partial charge in [0.25, 0.3) is 0 Å². The zero-order chi connectivity index (χ0) is 25.0. The third kappa shape index (κ3) is 8.52. The number of carbonyl (C=O) groups is 1. The average Bonchev–Trinajstić information content (AvgIpc) is 2.98. The normalized spacial score (nSPS) is 16.9. The maximum Gasteiger partial charge on any atom is 3.00 e. The summed E-state index contributed by atoms with van der Waals surface area (Å²) in [5.41, 5.74) is 0. The minimum Gasteiger partial charge on any atom is -1.00 e. The van der Waals surface area contributed by atoms with E-state index in [4.69, 9.17) is 4.79 Å². The van der Waals surface area contributed by atoms with Crippen LogP contribution in [-0.4, -0.2) is 19.1 Å². The summed E-state index contributed by atoms with van der Waals surface area (Å²) in [5.74, 6) is 1.70. The molecule has 0 unspecified atom stereocenters. The zero-order valence-electron chi connectivity index (χ0n) is 24.3. The molecular formula is C33H39OP2Rh.